The number of nitrogens with one attached hydrogen (secondary N) is 1. The van der Waals surface area contributed by atoms with Crippen LogP contribution in [0.1, 0.15) is 32.4 Å². The van der Waals surface area contributed by atoms with Gasteiger partial charge in [-0.3, -0.25) is 4.68 Å². The maximum atomic E-state index is 13.4. The van der Waals surface area contributed by atoms with Crippen LogP contribution in [0.25, 0.3) is 0 Å². The molecule has 0 bridgehead atoms. The van der Waals surface area contributed by atoms with Gasteiger partial charge in [-0.15, -0.1) is 0 Å². The van der Waals surface area contributed by atoms with Gasteiger partial charge in [-0.05, 0) is 38.6 Å². The van der Waals surface area contributed by atoms with Crippen molar-refractivity contribution in [2.24, 2.45) is 0 Å². The first-order valence-corrected chi connectivity index (χ1v) is 6.87. The van der Waals surface area contributed by atoms with Crippen LogP contribution in [-0.4, -0.2) is 16.3 Å². The average Bonchev–Trinajstić information content (AvgIpc) is 2.89. The Morgan fingerprint density at radius 1 is 1.40 bits per heavy atom. The molecule has 4 nitrogen and oxygen atoms in total. The Kier molecular flexibility index (Phi) is 4.74. The van der Waals surface area contributed by atoms with E-state index >= 15 is 0 Å². The lowest BCUT2D eigenvalue weighted by atomic mass is 10.1. The van der Waals surface area contributed by atoms with Crippen molar-refractivity contribution in [2.75, 3.05) is 6.54 Å². The van der Waals surface area contributed by atoms with E-state index in [9.17, 15) is 4.39 Å². The van der Waals surface area contributed by atoms with Crippen LogP contribution < -0.4 is 10.1 Å². The number of hydrogen-bond acceptors (Lipinski definition) is 3. The number of benzene rings is 1. The van der Waals surface area contributed by atoms with E-state index in [4.69, 9.17) is 4.74 Å². The van der Waals surface area contributed by atoms with Gasteiger partial charge in [0.25, 0.3) is 0 Å². The average molecular weight is 277 g/mol. The van der Waals surface area contributed by atoms with E-state index in [1.165, 1.54) is 12.1 Å². The third-order valence-electron chi connectivity index (χ3n) is 3.11. The van der Waals surface area contributed by atoms with E-state index in [1.807, 2.05) is 27.0 Å². The van der Waals surface area contributed by atoms with Crippen molar-refractivity contribution in [3.63, 3.8) is 0 Å². The molecule has 0 aliphatic carbocycles. The monoisotopic (exact) mass is 277 g/mol. The molecule has 0 saturated heterocycles. The Hall–Kier alpha value is -1.88. The predicted molar refractivity (Wildman–Crippen MR) is 76.5 cm³/mol. The lowest BCUT2D eigenvalue weighted by molar-refractivity contribution is 0.458. The molecule has 1 aromatic heterocycles. The molecule has 0 fully saturated rings. The molecule has 0 amide bonds. The molecule has 108 valence electrons. The number of hydrogen-bond donors (Lipinski definition) is 1. The highest BCUT2D eigenvalue weighted by Gasteiger charge is 2.13. The van der Waals surface area contributed by atoms with Gasteiger partial charge in [0, 0.05) is 18.2 Å². The van der Waals surface area contributed by atoms with E-state index in [0.717, 1.165) is 18.7 Å². The lowest BCUT2D eigenvalue weighted by Gasteiger charge is -2.17. The summed E-state index contributed by atoms with van der Waals surface area (Å²) in [6, 6.07) is 4.59. The van der Waals surface area contributed by atoms with E-state index in [2.05, 4.69) is 10.4 Å². The first-order chi connectivity index (χ1) is 9.63. The molecular formula is C15H20FN3O. The summed E-state index contributed by atoms with van der Waals surface area (Å²) in [5, 5.41) is 7.43. The molecule has 0 saturated carbocycles. The van der Waals surface area contributed by atoms with Crippen LogP contribution in [0.3, 0.4) is 0 Å². The Labute approximate surface area is 118 Å². The summed E-state index contributed by atoms with van der Waals surface area (Å²) in [6.07, 6.45) is 3.49. The zero-order chi connectivity index (χ0) is 14.5. The highest BCUT2D eigenvalue weighted by Crippen LogP contribution is 2.30. The molecule has 0 aliphatic rings. The van der Waals surface area contributed by atoms with Crippen LogP contribution in [0, 0.1) is 5.82 Å². The van der Waals surface area contributed by atoms with Gasteiger partial charge in [0.15, 0.2) is 5.75 Å². The Morgan fingerprint density at radius 3 is 2.85 bits per heavy atom. The molecule has 0 spiro atoms. The fraction of sp³-hybridized carbons (Fsp3) is 0.400. The molecule has 2 aromatic rings. The van der Waals surface area contributed by atoms with Crippen molar-refractivity contribution in [3.05, 3.63) is 42.0 Å². The number of aromatic nitrogens is 2. The van der Waals surface area contributed by atoms with Crippen LogP contribution in [0.15, 0.2) is 30.6 Å². The molecule has 1 heterocycles. The van der Waals surface area contributed by atoms with E-state index in [1.54, 1.807) is 16.9 Å². The zero-order valence-electron chi connectivity index (χ0n) is 12.1. The molecule has 0 aliphatic heterocycles. The van der Waals surface area contributed by atoms with Crippen LogP contribution in [0.2, 0.25) is 0 Å². The SMILES string of the molecule is CCNC(C)c1cc(F)ccc1Oc1cnn(CC)c1. The molecule has 1 N–H and O–H groups in total. The molecule has 1 unspecified atom stereocenters. The summed E-state index contributed by atoms with van der Waals surface area (Å²) in [5.74, 6) is 1.04. The fourth-order valence-electron chi connectivity index (χ4n) is 2.06. The van der Waals surface area contributed by atoms with Crippen LogP contribution in [-0.2, 0) is 6.54 Å². The first kappa shape index (κ1) is 14.5. The summed E-state index contributed by atoms with van der Waals surface area (Å²) < 4.78 is 21.1. The minimum atomic E-state index is -0.263. The number of halogens is 1. The molecule has 2 rings (SSSR count). The number of aryl methyl sites for hydroxylation is 1. The molecule has 0 radical (unpaired) electrons. The minimum Gasteiger partial charge on any atom is -0.454 e. The summed E-state index contributed by atoms with van der Waals surface area (Å²) in [5.41, 5.74) is 0.802. The molecule has 5 heteroatoms. The maximum absolute atomic E-state index is 13.4. The largest absolute Gasteiger partial charge is 0.454 e. The molecule has 1 atom stereocenters. The smallest absolute Gasteiger partial charge is 0.165 e. The van der Waals surface area contributed by atoms with Crippen molar-refractivity contribution in [3.8, 4) is 11.5 Å². The van der Waals surface area contributed by atoms with Crippen LogP contribution >= 0.6 is 0 Å². The fourth-order valence-corrected chi connectivity index (χ4v) is 2.06. The second-order valence-corrected chi connectivity index (χ2v) is 4.60. The van der Waals surface area contributed by atoms with Crippen molar-refractivity contribution >= 4 is 0 Å². The van der Waals surface area contributed by atoms with Gasteiger partial charge in [0.1, 0.15) is 11.6 Å². The van der Waals surface area contributed by atoms with Crippen molar-refractivity contribution in [2.45, 2.75) is 33.4 Å². The van der Waals surface area contributed by atoms with Crippen molar-refractivity contribution in [1.82, 2.24) is 15.1 Å². The van der Waals surface area contributed by atoms with Gasteiger partial charge in [0.05, 0.1) is 12.4 Å². The van der Waals surface area contributed by atoms with Crippen LogP contribution in [0.5, 0.6) is 11.5 Å². The summed E-state index contributed by atoms with van der Waals surface area (Å²) in [6.45, 7) is 7.61. The number of nitrogens with zero attached hydrogens (tertiary/aromatic N) is 2. The topological polar surface area (TPSA) is 39.1 Å². The van der Waals surface area contributed by atoms with Gasteiger partial charge in [-0.2, -0.15) is 5.10 Å². The number of ether oxygens (including phenoxy) is 1. The summed E-state index contributed by atoms with van der Waals surface area (Å²) >= 11 is 0. The Balaban J connectivity index is 2.26. The predicted octanol–water partition coefficient (Wildman–Crippen LogP) is 3.50. The third-order valence-corrected chi connectivity index (χ3v) is 3.11. The Bertz CT molecular complexity index is 568. The highest BCUT2D eigenvalue weighted by atomic mass is 19.1. The standard InChI is InChI=1S/C15H20FN3O/c1-4-17-11(3)14-8-12(16)6-7-15(14)20-13-9-18-19(5-2)10-13/h6-11,17H,4-5H2,1-3H3. The highest BCUT2D eigenvalue weighted by molar-refractivity contribution is 5.39. The minimum absolute atomic E-state index is 0.0203. The second-order valence-electron chi connectivity index (χ2n) is 4.60. The van der Waals surface area contributed by atoms with Gasteiger partial charge >= 0.3 is 0 Å². The second kappa shape index (κ2) is 6.52. The van der Waals surface area contributed by atoms with Gasteiger partial charge in [-0.25, -0.2) is 4.39 Å². The van der Waals surface area contributed by atoms with Gasteiger partial charge < -0.3 is 10.1 Å². The van der Waals surface area contributed by atoms with Crippen molar-refractivity contribution < 1.29 is 9.13 Å². The number of rotatable bonds is 6. The normalized spacial score (nSPS) is 12.4. The lowest BCUT2D eigenvalue weighted by Crippen LogP contribution is -2.18. The van der Waals surface area contributed by atoms with E-state index in [-0.39, 0.29) is 11.9 Å². The van der Waals surface area contributed by atoms with E-state index < -0.39 is 0 Å². The summed E-state index contributed by atoms with van der Waals surface area (Å²) in [7, 11) is 0. The third kappa shape index (κ3) is 3.36. The quantitative estimate of drug-likeness (QED) is 0.878. The van der Waals surface area contributed by atoms with E-state index in [0.29, 0.717) is 11.5 Å². The molecular weight excluding hydrogens is 257 g/mol. The van der Waals surface area contributed by atoms with Crippen molar-refractivity contribution in [1.29, 1.82) is 0 Å². The van der Waals surface area contributed by atoms with Crippen LogP contribution in [0.4, 0.5) is 4.39 Å². The van der Waals surface area contributed by atoms with Gasteiger partial charge in [-0.1, -0.05) is 6.92 Å². The zero-order valence-corrected chi connectivity index (χ0v) is 12.1. The maximum Gasteiger partial charge on any atom is 0.165 e. The Morgan fingerprint density at radius 2 is 2.20 bits per heavy atom. The first-order valence-electron chi connectivity index (χ1n) is 6.87. The molecule has 1 aromatic carbocycles. The molecule has 20 heavy (non-hydrogen) atoms. The van der Waals surface area contributed by atoms with Gasteiger partial charge in [0.2, 0.25) is 0 Å². The summed E-state index contributed by atoms with van der Waals surface area (Å²) in [4.78, 5) is 0.